The number of amides is 1. The third kappa shape index (κ3) is 3.77. The van der Waals surface area contributed by atoms with Gasteiger partial charge in [0.2, 0.25) is 5.69 Å². The first-order valence-corrected chi connectivity index (χ1v) is 7.66. The van der Waals surface area contributed by atoms with Crippen LogP contribution in [0.15, 0.2) is 30.3 Å². The van der Waals surface area contributed by atoms with Gasteiger partial charge in [0.05, 0.1) is 19.4 Å². The number of rotatable bonds is 7. The summed E-state index contributed by atoms with van der Waals surface area (Å²) < 4.78 is 11.4. The van der Waals surface area contributed by atoms with E-state index < -0.39 is 5.97 Å². The van der Waals surface area contributed by atoms with Gasteiger partial charge >= 0.3 is 5.97 Å². The fourth-order valence-corrected chi connectivity index (χ4v) is 2.15. The SMILES string of the molecule is COC(=O)c1nnn(-c2ccccc2)c1NC(=O)COCC1CC1. The number of anilines is 1. The van der Waals surface area contributed by atoms with Crippen LogP contribution in [0.3, 0.4) is 0 Å². The Morgan fingerprint density at radius 1 is 1.29 bits per heavy atom. The molecular formula is C16H18N4O4. The van der Waals surface area contributed by atoms with Gasteiger partial charge in [0.15, 0.2) is 5.82 Å². The molecule has 3 rings (SSSR count). The van der Waals surface area contributed by atoms with Crippen LogP contribution in [0.1, 0.15) is 23.3 Å². The molecule has 0 spiro atoms. The van der Waals surface area contributed by atoms with E-state index >= 15 is 0 Å². The maximum Gasteiger partial charge on any atom is 0.362 e. The molecule has 126 valence electrons. The Kier molecular flexibility index (Phi) is 4.85. The van der Waals surface area contributed by atoms with E-state index in [1.807, 2.05) is 18.2 Å². The molecule has 1 aliphatic rings. The topological polar surface area (TPSA) is 95.3 Å². The molecule has 2 aromatic rings. The predicted octanol–water partition coefficient (Wildman–Crippen LogP) is 1.42. The minimum Gasteiger partial charge on any atom is -0.464 e. The van der Waals surface area contributed by atoms with Crippen LogP contribution in [-0.2, 0) is 14.3 Å². The van der Waals surface area contributed by atoms with Crippen molar-refractivity contribution in [1.29, 1.82) is 0 Å². The lowest BCUT2D eigenvalue weighted by molar-refractivity contribution is -0.120. The van der Waals surface area contributed by atoms with Crippen molar-refractivity contribution < 1.29 is 19.1 Å². The number of benzene rings is 1. The molecule has 0 bridgehead atoms. The molecular weight excluding hydrogens is 312 g/mol. The first-order valence-electron chi connectivity index (χ1n) is 7.66. The average Bonchev–Trinajstić information content (AvgIpc) is 3.33. The van der Waals surface area contributed by atoms with Crippen LogP contribution in [0, 0.1) is 5.92 Å². The van der Waals surface area contributed by atoms with Gasteiger partial charge in [-0.1, -0.05) is 23.4 Å². The Labute approximate surface area is 138 Å². The van der Waals surface area contributed by atoms with Gasteiger partial charge < -0.3 is 14.8 Å². The standard InChI is InChI=1S/C16H18N4O4/c1-23-16(22)14-15(17-13(21)10-24-9-11-7-8-11)20(19-18-14)12-5-3-2-4-6-12/h2-6,11H,7-10H2,1H3,(H,17,21). The Balaban J connectivity index is 1.78. The van der Waals surface area contributed by atoms with Gasteiger partial charge in [-0.2, -0.15) is 4.68 Å². The average molecular weight is 330 g/mol. The Hall–Kier alpha value is -2.74. The van der Waals surface area contributed by atoms with E-state index in [0.29, 0.717) is 18.2 Å². The highest BCUT2D eigenvalue weighted by molar-refractivity contribution is 5.99. The quantitative estimate of drug-likeness (QED) is 0.772. The molecule has 0 saturated heterocycles. The number of carbonyl (C=O) groups is 2. The van der Waals surface area contributed by atoms with E-state index in [9.17, 15) is 9.59 Å². The summed E-state index contributed by atoms with van der Waals surface area (Å²) in [6.07, 6.45) is 2.30. The molecule has 0 radical (unpaired) electrons. The number of methoxy groups -OCH3 is 1. The van der Waals surface area contributed by atoms with E-state index in [-0.39, 0.29) is 24.0 Å². The van der Waals surface area contributed by atoms with Crippen molar-refractivity contribution in [3.05, 3.63) is 36.0 Å². The Morgan fingerprint density at radius 3 is 2.71 bits per heavy atom. The first-order chi connectivity index (χ1) is 11.7. The summed E-state index contributed by atoms with van der Waals surface area (Å²) in [6.45, 7) is 0.491. The zero-order valence-electron chi connectivity index (χ0n) is 13.3. The maximum atomic E-state index is 12.1. The second-order valence-corrected chi connectivity index (χ2v) is 5.53. The molecule has 1 amide bonds. The molecule has 24 heavy (non-hydrogen) atoms. The number of nitrogens with one attached hydrogen (secondary N) is 1. The number of hydrogen-bond donors (Lipinski definition) is 1. The van der Waals surface area contributed by atoms with E-state index in [0.717, 1.165) is 12.8 Å². The molecule has 8 nitrogen and oxygen atoms in total. The minimum atomic E-state index is -0.675. The van der Waals surface area contributed by atoms with Gasteiger partial charge in [-0.3, -0.25) is 4.79 Å². The van der Waals surface area contributed by atoms with Gasteiger partial charge in [0, 0.05) is 0 Å². The lowest BCUT2D eigenvalue weighted by Crippen LogP contribution is -2.22. The number of nitrogens with zero attached hydrogens (tertiary/aromatic N) is 3. The maximum absolute atomic E-state index is 12.1. The first kappa shape index (κ1) is 16.1. The summed E-state index contributed by atoms with van der Waals surface area (Å²) in [7, 11) is 1.24. The number of aromatic nitrogens is 3. The summed E-state index contributed by atoms with van der Waals surface area (Å²) in [4.78, 5) is 24.0. The molecule has 8 heteroatoms. The van der Waals surface area contributed by atoms with Crippen LogP contribution < -0.4 is 5.32 Å². The van der Waals surface area contributed by atoms with E-state index in [2.05, 4.69) is 15.6 Å². The molecule has 1 aromatic carbocycles. The molecule has 0 aliphatic heterocycles. The number of esters is 1. The molecule has 0 atom stereocenters. The van der Waals surface area contributed by atoms with Crippen molar-refractivity contribution in [3.8, 4) is 5.69 Å². The molecule has 0 unspecified atom stereocenters. The zero-order valence-corrected chi connectivity index (χ0v) is 13.3. The summed E-state index contributed by atoms with van der Waals surface area (Å²) in [5.74, 6) is -0.320. The minimum absolute atomic E-state index is 0.0584. The summed E-state index contributed by atoms with van der Waals surface area (Å²) in [5, 5.41) is 10.4. The Bertz CT molecular complexity index is 725. The number of para-hydroxylation sites is 1. The lowest BCUT2D eigenvalue weighted by atomic mass is 10.3. The third-order valence-electron chi connectivity index (χ3n) is 3.59. The number of hydrogen-bond acceptors (Lipinski definition) is 6. The summed E-state index contributed by atoms with van der Waals surface area (Å²) in [5.41, 5.74) is 0.603. The molecule has 1 aromatic heterocycles. The molecule has 1 N–H and O–H groups in total. The van der Waals surface area contributed by atoms with Crippen LogP contribution in [0.5, 0.6) is 0 Å². The highest BCUT2D eigenvalue weighted by atomic mass is 16.5. The second-order valence-electron chi connectivity index (χ2n) is 5.53. The van der Waals surface area contributed by atoms with Crippen LogP contribution in [0.2, 0.25) is 0 Å². The van der Waals surface area contributed by atoms with Crippen molar-refractivity contribution in [1.82, 2.24) is 15.0 Å². The van der Waals surface area contributed by atoms with Crippen LogP contribution >= 0.6 is 0 Å². The van der Waals surface area contributed by atoms with Crippen molar-refractivity contribution in [2.75, 3.05) is 25.6 Å². The molecule has 1 aliphatic carbocycles. The highest BCUT2D eigenvalue weighted by Crippen LogP contribution is 2.28. The second kappa shape index (κ2) is 7.22. The van der Waals surface area contributed by atoms with E-state index in [1.54, 1.807) is 12.1 Å². The van der Waals surface area contributed by atoms with Gasteiger partial charge in [-0.05, 0) is 30.9 Å². The third-order valence-corrected chi connectivity index (χ3v) is 3.59. The summed E-state index contributed by atoms with van der Waals surface area (Å²) >= 11 is 0. The molecule has 1 fully saturated rings. The summed E-state index contributed by atoms with van der Waals surface area (Å²) in [6, 6.07) is 9.06. The fraction of sp³-hybridized carbons (Fsp3) is 0.375. The van der Waals surface area contributed by atoms with Crippen molar-refractivity contribution in [3.63, 3.8) is 0 Å². The highest BCUT2D eigenvalue weighted by Gasteiger charge is 2.24. The number of carbonyl (C=O) groups excluding carboxylic acids is 2. The van der Waals surface area contributed by atoms with Crippen molar-refractivity contribution in [2.24, 2.45) is 5.92 Å². The van der Waals surface area contributed by atoms with Gasteiger partial charge in [0.1, 0.15) is 6.61 Å². The largest absolute Gasteiger partial charge is 0.464 e. The normalized spacial score (nSPS) is 13.5. The molecule has 1 heterocycles. The lowest BCUT2D eigenvalue weighted by Gasteiger charge is -2.09. The van der Waals surface area contributed by atoms with E-state index in [1.165, 1.54) is 11.8 Å². The van der Waals surface area contributed by atoms with E-state index in [4.69, 9.17) is 9.47 Å². The van der Waals surface area contributed by atoms with Crippen molar-refractivity contribution in [2.45, 2.75) is 12.8 Å². The fourth-order valence-electron chi connectivity index (χ4n) is 2.15. The van der Waals surface area contributed by atoms with Crippen LogP contribution in [0.4, 0.5) is 5.82 Å². The molecule has 1 saturated carbocycles. The van der Waals surface area contributed by atoms with Crippen LogP contribution in [0.25, 0.3) is 5.69 Å². The monoisotopic (exact) mass is 330 g/mol. The van der Waals surface area contributed by atoms with Crippen LogP contribution in [-0.4, -0.2) is 47.2 Å². The van der Waals surface area contributed by atoms with Gasteiger partial charge in [0.25, 0.3) is 5.91 Å². The van der Waals surface area contributed by atoms with Crippen molar-refractivity contribution >= 4 is 17.7 Å². The van der Waals surface area contributed by atoms with Gasteiger partial charge in [-0.25, -0.2) is 4.79 Å². The number of ether oxygens (including phenoxy) is 2. The smallest absolute Gasteiger partial charge is 0.362 e. The predicted molar refractivity (Wildman–Crippen MR) is 84.9 cm³/mol. The Morgan fingerprint density at radius 2 is 2.04 bits per heavy atom. The van der Waals surface area contributed by atoms with Gasteiger partial charge in [-0.15, -0.1) is 5.10 Å². The zero-order chi connectivity index (χ0) is 16.9.